The molecule has 7 rings (SSSR count). The monoisotopic (exact) mass is 682 g/mol. The largest absolute Gasteiger partial charge is 0.511 e. The molecule has 51 heavy (non-hydrogen) atoms. The molecule has 9 nitrogen and oxygen atoms in total. The van der Waals surface area contributed by atoms with E-state index in [1.54, 1.807) is 18.2 Å². The first-order valence-electron chi connectivity index (χ1n) is 17.4. The number of hydrogen-bond donors (Lipinski definition) is 2. The van der Waals surface area contributed by atoms with Crippen molar-refractivity contribution in [1.82, 2.24) is 5.32 Å². The van der Waals surface area contributed by atoms with Crippen LogP contribution in [0.1, 0.15) is 76.2 Å². The number of hydrogen-bond acceptors (Lipinski definition) is 9. The van der Waals surface area contributed by atoms with Crippen molar-refractivity contribution < 1.29 is 24.2 Å². The molecule has 1 aromatic rings. The van der Waals surface area contributed by atoms with E-state index in [0.29, 0.717) is 40.6 Å². The standard InChI is InChI=1S/C42H42N4O5/c1-9-26-21(4)30-18-33-27(10-2)22(5)37(45-33)41(51-42(49)25-13-11-20(3)12-14-25)38-23(6)28(15-16-35(48)50-8)39(46-38)29-17-34(47)36-24(7)31(44-40(29)36)19-32(26)43-30/h10-14,18-19,23,28,46-47H,2,9,15-17H2,1,3-8H3/t23-,28-/m0/s1. The van der Waals surface area contributed by atoms with Gasteiger partial charge in [-0.2, -0.15) is 0 Å². The molecule has 0 amide bonds. The molecular formula is C42H42N4O5. The molecule has 2 N–H and O–H groups in total. The maximum Gasteiger partial charge on any atom is 0.343 e. The molecule has 6 aliphatic rings. The Kier molecular flexibility index (Phi) is 8.61. The summed E-state index contributed by atoms with van der Waals surface area (Å²) in [5, 5.41) is 15.1. The van der Waals surface area contributed by atoms with E-state index in [9.17, 15) is 14.7 Å². The van der Waals surface area contributed by atoms with E-state index in [2.05, 4.69) is 32.7 Å². The number of aliphatic imine (C=N–C) groups is 3. The Labute approximate surface area is 298 Å². The Hall–Kier alpha value is -5.57. The smallest absolute Gasteiger partial charge is 0.343 e. The van der Waals surface area contributed by atoms with Gasteiger partial charge < -0.3 is 19.9 Å². The topological polar surface area (TPSA) is 122 Å². The van der Waals surface area contributed by atoms with Crippen LogP contribution in [0, 0.1) is 18.8 Å². The van der Waals surface area contributed by atoms with Crippen LogP contribution >= 0.6 is 0 Å². The Bertz CT molecular complexity index is 2190. The Morgan fingerprint density at radius 1 is 0.980 bits per heavy atom. The van der Waals surface area contributed by atoms with Gasteiger partial charge in [-0.15, -0.1) is 0 Å². The summed E-state index contributed by atoms with van der Waals surface area (Å²) in [7, 11) is 1.38. The summed E-state index contributed by atoms with van der Waals surface area (Å²) in [5.74, 6) is -0.752. The van der Waals surface area contributed by atoms with Gasteiger partial charge in [0.2, 0.25) is 0 Å². The lowest BCUT2D eigenvalue weighted by Crippen LogP contribution is -2.20. The van der Waals surface area contributed by atoms with Crippen LogP contribution in [0.2, 0.25) is 0 Å². The molecule has 1 fully saturated rings. The second-order valence-corrected chi connectivity index (χ2v) is 13.7. The zero-order valence-corrected chi connectivity index (χ0v) is 30.2. The summed E-state index contributed by atoms with van der Waals surface area (Å²) in [5.41, 5.74) is 13.4. The third-order valence-electron chi connectivity index (χ3n) is 10.8. The van der Waals surface area contributed by atoms with Crippen LogP contribution in [0.15, 0.2) is 143 Å². The van der Waals surface area contributed by atoms with Gasteiger partial charge in [0.1, 0.15) is 11.5 Å². The number of fused-ring (bicyclic) bond motifs is 5. The van der Waals surface area contributed by atoms with Crippen LogP contribution in [0.5, 0.6) is 0 Å². The molecule has 1 aliphatic carbocycles. The number of aryl methyl sites for hydroxylation is 1. The maximum absolute atomic E-state index is 13.9. The lowest BCUT2D eigenvalue weighted by atomic mass is 9.86. The molecule has 9 heteroatoms. The van der Waals surface area contributed by atoms with Crippen LogP contribution in [-0.2, 0) is 14.3 Å². The van der Waals surface area contributed by atoms with Gasteiger partial charge in [0.25, 0.3) is 0 Å². The minimum atomic E-state index is -0.519. The number of allylic oxidation sites excluding steroid dienone is 11. The second kappa shape index (κ2) is 13.0. The number of aliphatic hydroxyl groups excluding tert-OH is 1. The predicted molar refractivity (Wildman–Crippen MR) is 199 cm³/mol. The van der Waals surface area contributed by atoms with Gasteiger partial charge in [-0.3, -0.25) is 4.79 Å². The van der Waals surface area contributed by atoms with E-state index in [4.69, 9.17) is 24.5 Å². The number of nitrogens with one attached hydrogen (secondary N) is 1. The number of carbonyl (C=O) groups is 2. The summed E-state index contributed by atoms with van der Waals surface area (Å²) in [6.45, 7) is 16.2. The second-order valence-electron chi connectivity index (χ2n) is 13.7. The minimum Gasteiger partial charge on any atom is -0.511 e. The molecule has 0 saturated carbocycles. The van der Waals surface area contributed by atoms with Crippen molar-refractivity contribution in [1.29, 1.82) is 0 Å². The van der Waals surface area contributed by atoms with Gasteiger partial charge in [0.05, 0.1) is 46.9 Å². The molecule has 1 saturated heterocycles. The molecule has 1 aromatic carbocycles. The number of aliphatic hydroxyl groups is 1. The number of benzene rings is 1. The Morgan fingerprint density at radius 2 is 1.73 bits per heavy atom. The van der Waals surface area contributed by atoms with Crippen molar-refractivity contribution in [3.8, 4) is 0 Å². The van der Waals surface area contributed by atoms with Crippen molar-refractivity contribution in [3.05, 3.63) is 139 Å². The predicted octanol–water partition coefficient (Wildman–Crippen LogP) is 8.29. The SMILES string of the molecule is C=CC1=C(C)C2=NC1=CC1=NC(=CC3=C(C)C4=C(O)CC(=C5NC(=C2OC(=O)c2ccc(C)cc2)[C@@H](C)[C@@H]5CCC(=O)OC)C4=N3)C(CC)=C1C. The first-order valence-corrected chi connectivity index (χ1v) is 17.4. The summed E-state index contributed by atoms with van der Waals surface area (Å²) < 4.78 is 11.4. The van der Waals surface area contributed by atoms with Crippen molar-refractivity contribution in [3.63, 3.8) is 0 Å². The fourth-order valence-electron chi connectivity index (χ4n) is 7.81. The fraction of sp³-hybridized carbons (Fsp3) is 0.310. The normalized spacial score (nSPS) is 22.4. The highest BCUT2D eigenvalue weighted by molar-refractivity contribution is 6.21. The lowest BCUT2D eigenvalue weighted by molar-refractivity contribution is -0.140. The first-order chi connectivity index (χ1) is 24.4. The number of methoxy groups -OCH3 is 1. The molecule has 260 valence electrons. The average Bonchev–Trinajstić information content (AvgIpc) is 3.87. The molecule has 0 spiro atoms. The number of nitrogens with zero attached hydrogens (tertiary/aromatic N) is 3. The van der Waals surface area contributed by atoms with E-state index in [1.165, 1.54) is 7.11 Å². The summed E-state index contributed by atoms with van der Waals surface area (Å²) in [6, 6.07) is 7.25. The molecular weight excluding hydrogens is 640 g/mol. The van der Waals surface area contributed by atoms with Crippen LogP contribution in [0.3, 0.4) is 0 Å². The van der Waals surface area contributed by atoms with E-state index in [1.807, 2.05) is 45.1 Å². The quantitative estimate of drug-likeness (QED) is 0.279. The van der Waals surface area contributed by atoms with Crippen LogP contribution in [0.25, 0.3) is 0 Å². The maximum atomic E-state index is 13.9. The van der Waals surface area contributed by atoms with Crippen molar-refractivity contribution in [2.45, 2.75) is 67.2 Å². The van der Waals surface area contributed by atoms with Crippen LogP contribution in [0.4, 0.5) is 0 Å². The van der Waals surface area contributed by atoms with Gasteiger partial charge >= 0.3 is 11.9 Å². The summed E-state index contributed by atoms with van der Waals surface area (Å²) in [6.07, 6.45) is 7.44. The zero-order valence-electron chi connectivity index (χ0n) is 30.2. The van der Waals surface area contributed by atoms with Gasteiger partial charge in [-0.25, -0.2) is 19.8 Å². The van der Waals surface area contributed by atoms with E-state index in [0.717, 1.165) is 73.8 Å². The van der Waals surface area contributed by atoms with Crippen molar-refractivity contribution in [2.24, 2.45) is 26.8 Å². The third-order valence-corrected chi connectivity index (χ3v) is 10.8. The lowest BCUT2D eigenvalue weighted by Gasteiger charge is -2.18. The number of esters is 2. The van der Waals surface area contributed by atoms with Gasteiger partial charge in [-0.1, -0.05) is 44.2 Å². The highest BCUT2D eigenvalue weighted by Gasteiger charge is 2.43. The molecule has 0 aromatic heterocycles. The van der Waals surface area contributed by atoms with Gasteiger partial charge in [-0.05, 0) is 87.1 Å². The Balaban J connectivity index is 1.51. The minimum absolute atomic E-state index is 0.183. The van der Waals surface area contributed by atoms with Crippen molar-refractivity contribution in [2.75, 3.05) is 7.11 Å². The summed E-state index contributed by atoms with van der Waals surface area (Å²) in [4.78, 5) is 41.7. The highest BCUT2D eigenvalue weighted by Crippen LogP contribution is 2.47. The fourth-order valence-corrected chi connectivity index (χ4v) is 7.81. The highest BCUT2D eigenvalue weighted by atomic mass is 16.5. The van der Waals surface area contributed by atoms with E-state index in [-0.39, 0.29) is 36.4 Å². The van der Waals surface area contributed by atoms with Gasteiger partial charge in [0.15, 0.2) is 5.76 Å². The van der Waals surface area contributed by atoms with Crippen LogP contribution < -0.4 is 5.32 Å². The van der Waals surface area contributed by atoms with Gasteiger partial charge in [0, 0.05) is 47.1 Å². The molecule has 0 radical (unpaired) electrons. The van der Waals surface area contributed by atoms with Crippen LogP contribution in [-0.4, -0.2) is 41.3 Å². The molecule has 8 bridgehead atoms. The molecule has 0 unspecified atom stereocenters. The number of ether oxygens (including phenoxy) is 2. The molecule has 5 aliphatic heterocycles. The zero-order chi connectivity index (χ0) is 36.3. The Morgan fingerprint density at radius 3 is 2.41 bits per heavy atom. The van der Waals surface area contributed by atoms with E-state index >= 15 is 0 Å². The number of carbonyl (C=O) groups excluding carboxylic acids is 2. The van der Waals surface area contributed by atoms with E-state index < -0.39 is 5.97 Å². The summed E-state index contributed by atoms with van der Waals surface area (Å²) >= 11 is 0. The first kappa shape index (κ1) is 33.9. The molecule has 2 atom stereocenters. The van der Waals surface area contributed by atoms with Crippen molar-refractivity contribution >= 4 is 29.1 Å². The third kappa shape index (κ3) is 5.61. The number of rotatable bonds is 7. The molecule has 5 heterocycles. The average molecular weight is 683 g/mol.